The van der Waals surface area contributed by atoms with Crippen LogP contribution in [0.4, 0.5) is 5.69 Å². The van der Waals surface area contributed by atoms with Crippen molar-refractivity contribution < 1.29 is 14.3 Å². The van der Waals surface area contributed by atoms with E-state index in [1.807, 2.05) is 43.3 Å². The van der Waals surface area contributed by atoms with Gasteiger partial charge in [-0.3, -0.25) is 9.59 Å². The van der Waals surface area contributed by atoms with Crippen LogP contribution in [0.1, 0.15) is 85.7 Å². The molecule has 0 spiro atoms. The standard InChI is InChI=1S/C35H41NO3/c1-6-26-9-7-8-10-33(26)36-34(37)30-18-16-28(21-32(30)35(36)38)39-27-14-12-25(13-15-27)20-24(5)31-19-23(4)11-17-29(31)22(2)3/h7-10,12-16,18,21-24,29,31H,6,11,17,19-20H2,1-5H3. The van der Waals surface area contributed by atoms with Gasteiger partial charge < -0.3 is 4.74 Å². The van der Waals surface area contributed by atoms with Crippen LogP contribution < -0.4 is 9.64 Å². The number of carbonyl (C=O) groups excluding carboxylic acids is 2. The SMILES string of the molecule is CCc1ccccc1N1C(=O)c2ccc(Oc3ccc(CC(C)C4CC(C)CCC4C(C)C)cc3)cc2C1=O. The molecule has 0 bridgehead atoms. The fourth-order valence-electron chi connectivity index (χ4n) is 6.81. The molecule has 0 aromatic heterocycles. The van der Waals surface area contributed by atoms with Crippen LogP contribution in [0.25, 0.3) is 0 Å². The second-order valence-electron chi connectivity index (χ2n) is 12.1. The number of para-hydroxylation sites is 1. The first-order valence-electron chi connectivity index (χ1n) is 14.6. The topological polar surface area (TPSA) is 46.6 Å². The number of aryl methyl sites for hydroxylation is 1. The maximum Gasteiger partial charge on any atom is 0.266 e. The average molecular weight is 524 g/mol. The van der Waals surface area contributed by atoms with E-state index in [-0.39, 0.29) is 11.8 Å². The van der Waals surface area contributed by atoms with Gasteiger partial charge in [0, 0.05) is 0 Å². The van der Waals surface area contributed by atoms with Crippen LogP contribution in [-0.2, 0) is 12.8 Å². The van der Waals surface area contributed by atoms with E-state index in [9.17, 15) is 9.59 Å². The van der Waals surface area contributed by atoms with Crippen LogP contribution >= 0.6 is 0 Å². The second-order valence-corrected chi connectivity index (χ2v) is 12.1. The molecule has 3 aromatic rings. The molecule has 204 valence electrons. The molecule has 3 aromatic carbocycles. The molecule has 39 heavy (non-hydrogen) atoms. The molecular weight excluding hydrogens is 482 g/mol. The molecule has 0 radical (unpaired) electrons. The van der Waals surface area contributed by atoms with Gasteiger partial charge in [-0.1, -0.05) is 71.4 Å². The van der Waals surface area contributed by atoms with Crippen molar-refractivity contribution >= 4 is 17.5 Å². The lowest BCUT2D eigenvalue weighted by molar-refractivity contribution is 0.0925. The Hall–Kier alpha value is -3.40. The summed E-state index contributed by atoms with van der Waals surface area (Å²) in [6.45, 7) is 11.6. The Kier molecular flexibility index (Phi) is 7.93. The molecule has 5 rings (SSSR count). The number of ether oxygens (including phenoxy) is 1. The minimum Gasteiger partial charge on any atom is -0.457 e. The Morgan fingerprint density at radius 2 is 1.54 bits per heavy atom. The van der Waals surface area contributed by atoms with E-state index in [1.165, 1.54) is 29.7 Å². The van der Waals surface area contributed by atoms with E-state index in [1.54, 1.807) is 18.2 Å². The Morgan fingerprint density at radius 3 is 2.26 bits per heavy atom. The number of imide groups is 1. The fraction of sp³-hybridized carbons (Fsp3) is 0.429. The van der Waals surface area contributed by atoms with E-state index in [4.69, 9.17) is 4.74 Å². The summed E-state index contributed by atoms with van der Waals surface area (Å²) in [5.41, 5.74) is 3.75. The average Bonchev–Trinajstić information content (AvgIpc) is 3.18. The van der Waals surface area contributed by atoms with Crippen molar-refractivity contribution in [3.05, 3.63) is 89.0 Å². The van der Waals surface area contributed by atoms with Gasteiger partial charge in [0.25, 0.3) is 11.8 Å². The van der Waals surface area contributed by atoms with Gasteiger partial charge in [0.2, 0.25) is 0 Å². The first-order chi connectivity index (χ1) is 18.8. The zero-order chi connectivity index (χ0) is 27.7. The van der Waals surface area contributed by atoms with Crippen LogP contribution in [0.3, 0.4) is 0 Å². The summed E-state index contributed by atoms with van der Waals surface area (Å²) >= 11 is 0. The minimum absolute atomic E-state index is 0.284. The summed E-state index contributed by atoms with van der Waals surface area (Å²) in [6.07, 6.45) is 5.88. The largest absolute Gasteiger partial charge is 0.457 e. The summed E-state index contributed by atoms with van der Waals surface area (Å²) in [5.74, 6) is 4.50. The zero-order valence-corrected chi connectivity index (χ0v) is 23.9. The van der Waals surface area contributed by atoms with E-state index in [0.717, 1.165) is 47.8 Å². The molecule has 1 heterocycles. The molecule has 2 amide bonds. The number of benzene rings is 3. The molecule has 4 unspecified atom stereocenters. The van der Waals surface area contributed by atoms with Crippen molar-refractivity contribution in [2.45, 2.75) is 66.7 Å². The highest BCUT2D eigenvalue weighted by Gasteiger charge is 2.38. The molecular formula is C35H41NO3. The summed E-state index contributed by atoms with van der Waals surface area (Å²) in [5, 5.41) is 0. The van der Waals surface area contributed by atoms with Crippen molar-refractivity contribution in [1.29, 1.82) is 0 Å². The third kappa shape index (κ3) is 5.52. The molecule has 0 saturated heterocycles. The third-order valence-corrected chi connectivity index (χ3v) is 8.99. The number of fused-ring (bicyclic) bond motifs is 1. The van der Waals surface area contributed by atoms with Crippen molar-refractivity contribution in [2.24, 2.45) is 29.6 Å². The van der Waals surface area contributed by atoms with E-state index in [2.05, 4.69) is 39.8 Å². The molecule has 1 saturated carbocycles. The van der Waals surface area contributed by atoms with Crippen LogP contribution in [-0.4, -0.2) is 11.8 Å². The maximum atomic E-state index is 13.3. The molecule has 4 nitrogen and oxygen atoms in total. The van der Waals surface area contributed by atoms with Crippen molar-refractivity contribution in [2.75, 3.05) is 4.90 Å². The number of anilines is 1. The fourth-order valence-corrected chi connectivity index (χ4v) is 6.81. The summed E-state index contributed by atoms with van der Waals surface area (Å²) in [7, 11) is 0. The molecule has 1 aliphatic carbocycles. The lowest BCUT2D eigenvalue weighted by atomic mass is 9.65. The smallest absolute Gasteiger partial charge is 0.266 e. The van der Waals surface area contributed by atoms with Gasteiger partial charge in [0.05, 0.1) is 16.8 Å². The predicted molar refractivity (Wildman–Crippen MR) is 158 cm³/mol. The molecule has 4 heteroatoms. The molecule has 0 N–H and O–H groups in total. The van der Waals surface area contributed by atoms with Crippen molar-refractivity contribution in [3.63, 3.8) is 0 Å². The summed E-state index contributed by atoms with van der Waals surface area (Å²) < 4.78 is 6.13. The van der Waals surface area contributed by atoms with Crippen LogP contribution in [0, 0.1) is 29.6 Å². The highest BCUT2D eigenvalue weighted by atomic mass is 16.5. The Morgan fingerprint density at radius 1 is 0.846 bits per heavy atom. The Labute approximate surface area is 233 Å². The predicted octanol–water partition coefficient (Wildman–Crippen LogP) is 8.73. The number of hydrogen-bond donors (Lipinski definition) is 0. The number of rotatable bonds is 8. The van der Waals surface area contributed by atoms with Crippen LogP contribution in [0.5, 0.6) is 11.5 Å². The highest BCUT2D eigenvalue weighted by Crippen LogP contribution is 2.43. The molecule has 4 atom stereocenters. The lowest BCUT2D eigenvalue weighted by Crippen LogP contribution is -2.32. The van der Waals surface area contributed by atoms with E-state index >= 15 is 0 Å². The number of hydrogen-bond acceptors (Lipinski definition) is 3. The number of amides is 2. The van der Waals surface area contributed by atoms with E-state index in [0.29, 0.717) is 28.5 Å². The number of nitrogens with zero attached hydrogens (tertiary/aromatic N) is 1. The van der Waals surface area contributed by atoms with Gasteiger partial charge in [-0.2, -0.15) is 0 Å². The second kappa shape index (κ2) is 11.4. The van der Waals surface area contributed by atoms with Crippen LogP contribution in [0.15, 0.2) is 66.7 Å². The Balaban J connectivity index is 1.27. The van der Waals surface area contributed by atoms with E-state index < -0.39 is 0 Å². The van der Waals surface area contributed by atoms with Crippen molar-refractivity contribution in [3.8, 4) is 11.5 Å². The first kappa shape index (κ1) is 27.2. The third-order valence-electron chi connectivity index (χ3n) is 8.99. The first-order valence-corrected chi connectivity index (χ1v) is 14.6. The maximum absolute atomic E-state index is 13.3. The van der Waals surface area contributed by atoms with Gasteiger partial charge in [-0.25, -0.2) is 4.90 Å². The number of carbonyl (C=O) groups is 2. The van der Waals surface area contributed by atoms with Crippen molar-refractivity contribution in [1.82, 2.24) is 0 Å². The van der Waals surface area contributed by atoms with Gasteiger partial charge in [-0.15, -0.1) is 0 Å². The monoisotopic (exact) mass is 523 g/mol. The van der Waals surface area contributed by atoms with Gasteiger partial charge in [-0.05, 0) is 103 Å². The summed E-state index contributed by atoms with van der Waals surface area (Å²) in [4.78, 5) is 27.7. The van der Waals surface area contributed by atoms with Gasteiger partial charge in [0.15, 0.2) is 0 Å². The van der Waals surface area contributed by atoms with Crippen LogP contribution in [0.2, 0.25) is 0 Å². The normalized spacial score (nSPS) is 21.8. The Bertz CT molecular complexity index is 1340. The van der Waals surface area contributed by atoms with Gasteiger partial charge in [0.1, 0.15) is 11.5 Å². The highest BCUT2D eigenvalue weighted by molar-refractivity contribution is 6.34. The lowest BCUT2D eigenvalue weighted by Gasteiger charge is -2.41. The quantitative estimate of drug-likeness (QED) is 0.277. The zero-order valence-electron chi connectivity index (χ0n) is 23.9. The summed E-state index contributed by atoms with van der Waals surface area (Å²) in [6, 6.07) is 21.1. The molecule has 1 aliphatic heterocycles. The minimum atomic E-state index is -0.303. The molecule has 1 fully saturated rings. The molecule has 2 aliphatic rings. The van der Waals surface area contributed by atoms with Gasteiger partial charge >= 0.3 is 0 Å².